The van der Waals surface area contributed by atoms with Gasteiger partial charge in [0, 0.05) is 42.6 Å². The topological polar surface area (TPSA) is 104 Å². The number of anilines is 2. The van der Waals surface area contributed by atoms with E-state index in [1.165, 1.54) is 6.42 Å². The summed E-state index contributed by atoms with van der Waals surface area (Å²) in [6, 6.07) is 0. The lowest BCUT2D eigenvalue weighted by molar-refractivity contribution is 0.104. The molecule has 2 aromatic rings. The van der Waals surface area contributed by atoms with Crippen LogP contribution >= 0.6 is 11.6 Å². The van der Waals surface area contributed by atoms with Crippen molar-refractivity contribution in [1.29, 1.82) is 0 Å². The van der Waals surface area contributed by atoms with Crippen molar-refractivity contribution in [3.05, 3.63) is 28.9 Å². The molecule has 5 atom stereocenters. The van der Waals surface area contributed by atoms with E-state index in [0.717, 1.165) is 61.1 Å². The summed E-state index contributed by atoms with van der Waals surface area (Å²) in [7, 11) is -1.05. The van der Waals surface area contributed by atoms with E-state index >= 15 is 0 Å². The van der Waals surface area contributed by atoms with E-state index in [1.54, 1.807) is 12.4 Å². The van der Waals surface area contributed by atoms with Crippen molar-refractivity contribution in [3.8, 4) is 0 Å². The van der Waals surface area contributed by atoms with Crippen LogP contribution in [0.5, 0.6) is 0 Å². The molecule has 3 aliphatic carbocycles. The fourth-order valence-corrected chi connectivity index (χ4v) is 8.02. The molecular weight excluding hydrogens is 448 g/mol. The number of nitrogens with zero attached hydrogens (tertiary/aromatic N) is 5. The van der Waals surface area contributed by atoms with Gasteiger partial charge in [0.1, 0.15) is 16.5 Å². The van der Waals surface area contributed by atoms with Crippen LogP contribution in [0.4, 0.5) is 11.8 Å². The number of fused-ring (bicyclic) bond motifs is 5. The Balaban J connectivity index is 1.19. The number of piperidine rings is 2. The van der Waals surface area contributed by atoms with Crippen LogP contribution < -0.4 is 10.2 Å². The molecule has 2 N–H and O–H groups in total. The van der Waals surface area contributed by atoms with E-state index < -0.39 is 10.8 Å². The Morgan fingerprint density at radius 3 is 2.59 bits per heavy atom. The third-order valence-corrected chi connectivity index (χ3v) is 10.3. The van der Waals surface area contributed by atoms with Crippen LogP contribution in [0.1, 0.15) is 55.5 Å². The molecule has 5 heterocycles. The van der Waals surface area contributed by atoms with Gasteiger partial charge in [-0.25, -0.2) is 15.0 Å². The molecule has 8 rings (SSSR count). The molecule has 32 heavy (non-hydrogen) atoms. The Labute approximate surface area is 193 Å². The van der Waals surface area contributed by atoms with E-state index in [9.17, 15) is 9.32 Å². The number of aliphatic hydroxyl groups is 1. The van der Waals surface area contributed by atoms with E-state index in [4.69, 9.17) is 21.6 Å². The molecule has 8 nitrogen and oxygen atoms in total. The minimum Gasteiger partial charge on any atom is -0.394 e. The zero-order valence-electron chi connectivity index (χ0n) is 17.6. The molecule has 4 unspecified atom stereocenters. The van der Waals surface area contributed by atoms with Gasteiger partial charge in [0.15, 0.2) is 0 Å². The number of rotatable bonds is 5. The normalized spacial score (nSPS) is 35.4. The Kier molecular flexibility index (Phi) is 4.19. The van der Waals surface area contributed by atoms with Gasteiger partial charge in [0.05, 0.1) is 33.7 Å². The minimum atomic E-state index is -1.05. The minimum absolute atomic E-state index is 0.0667. The van der Waals surface area contributed by atoms with Crippen LogP contribution in [0.25, 0.3) is 0 Å². The monoisotopic (exact) mass is 472 g/mol. The smallest absolute Gasteiger partial charge is 0.227 e. The summed E-state index contributed by atoms with van der Waals surface area (Å²) in [5.41, 5.74) is 0.627. The van der Waals surface area contributed by atoms with Gasteiger partial charge < -0.3 is 15.3 Å². The Morgan fingerprint density at radius 1 is 1.19 bits per heavy atom. The molecule has 5 fully saturated rings. The van der Waals surface area contributed by atoms with Gasteiger partial charge in [-0.15, -0.1) is 0 Å². The van der Waals surface area contributed by atoms with Crippen molar-refractivity contribution >= 4 is 34.2 Å². The van der Waals surface area contributed by atoms with E-state index in [1.807, 2.05) is 0 Å². The van der Waals surface area contributed by atoms with Crippen molar-refractivity contribution in [1.82, 2.24) is 19.9 Å². The average molecular weight is 473 g/mol. The van der Waals surface area contributed by atoms with Gasteiger partial charge in [-0.05, 0) is 43.9 Å². The third-order valence-electron chi connectivity index (χ3n) is 8.19. The lowest BCUT2D eigenvalue weighted by atomic mass is 9.61. The van der Waals surface area contributed by atoms with Gasteiger partial charge in [-0.3, -0.25) is 4.21 Å². The largest absolute Gasteiger partial charge is 0.394 e. The number of hydrogen-bond acceptors (Lipinski definition) is 8. The Morgan fingerprint density at radius 2 is 1.94 bits per heavy atom. The molecule has 3 aliphatic heterocycles. The number of aromatic nitrogens is 4. The van der Waals surface area contributed by atoms with Gasteiger partial charge in [-0.1, -0.05) is 11.6 Å². The first-order chi connectivity index (χ1) is 15.5. The lowest BCUT2D eigenvalue weighted by Gasteiger charge is -2.52. The number of aliphatic hydroxyl groups excluding tert-OH is 1. The van der Waals surface area contributed by atoms with E-state index in [0.29, 0.717) is 34.5 Å². The summed E-state index contributed by atoms with van der Waals surface area (Å²) < 4.78 is 13.0. The van der Waals surface area contributed by atoms with E-state index in [2.05, 4.69) is 20.2 Å². The molecule has 0 amide bonds. The quantitative estimate of drug-likeness (QED) is 0.683. The number of halogens is 1. The summed E-state index contributed by atoms with van der Waals surface area (Å²) in [6.45, 7) is 1.80. The van der Waals surface area contributed by atoms with Crippen molar-refractivity contribution in [2.75, 3.05) is 29.9 Å². The summed E-state index contributed by atoms with van der Waals surface area (Å²) in [5.74, 6) is 3.91. The first kappa shape index (κ1) is 19.6. The highest BCUT2D eigenvalue weighted by Gasteiger charge is 2.55. The molecule has 168 valence electrons. The second-order valence-corrected chi connectivity index (χ2v) is 12.2. The van der Waals surface area contributed by atoms with Crippen LogP contribution in [0, 0.1) is 11.8 Å². The predicted molar refractivity (Wildman–Crippen MR) is 120 cm³/mol. The molecule has 2 saturated heterocycles. The molecule has 6 aliphatic rings. The van der Waals surface area contributed by atoms with Crippen molar-refractivity contribution in [2.45, 2.75) is 59.6 Å². The maximum atomic E-state index is 13.0. The van der Waals surface area contributed by atoms with Crippen molar-refractivity contribution < 1.29 is 9.32 Å². The summed E-state index contributed by atoms with van der Waals surface area (Å²) >= 11 is 5.97. The molecule has 0 aromatic carbocycles. The SMILES string of the molecule is O=[S@@]1c2c(NC3(CO)CCC3)nc(N3CC4CC(C3)C4c3ncc(Cl)cn3)nc2C2CC21. The molecule has 10 heteroatoms. The Hall–Kier alpha value is -1.84. The van der Waals surface area contributed by atoms with Crippen LogP contribution in [0.3, 0.4) is 0 Å². The first-order valence-corrected chi connectivity index (χ1v) is 13.1. The van der Waals surface area contributed by atoms with Crippen molar-refractivity contribution in [2.24, 2.45) is 11.8 Å². The van der Waals surface area contributed by atoms with Gasteiger partial charge in [0.2, 0.25) is 5.95 Å². The van der Waals surface area contributed by atoms with E-state index in [-0.39, 0.29) is 17.4 Å². The van der Waals surface area contributed by atoms with Crippen LogP contribution in [0.2, 0.25) is 5.02 Å². The highest BCUT2D eigenvalue weighted by molar-refractivity contribution is 7.86. The standard InChI is InChI=1S/C22H25ClN6O2S/c23-13-6-24-19(25-7-13)16-11-4-12(16)9-29(8-11)21-26-17-14-5-15(14)32(31)18(17)20(27-21)28-22(10-30)2-1-3-22/h6-7,11-12,14-16,30H,1-5,8-10H2,(H,26,27,28)/t11?,12?,14?,15?,16?,32-/m0/s1. The molecule has 3 saturated carbocycles. The van der Waals surface area contributed by atoms with Gasteiger partial charge in [0.25, 0.3) is 0 Å². The molecule has 2 bridgehead atoms. The zero-order chi connectivity index (χ0) is 21.6. The van der Waals surface area contributed by atoms with Gasteiger partial charge >= 0.3 is 0 Å². The molecule has 2 aromatic heterocycles. The maximum Gasteiger partial charge on any atom is 0.227 e. The third kappa shape index (κ3) is 2.80. The zero-order valence-corrected chi connectivity index (χ0v) is 19.1. The van der Waals surface area contributed by atoms with Crippen molar-refractivity contribution in [3.63, 3.8) is 0 Å². The average Bonchev–Trinajstić information content (AvgIpc) is 3.52. The molecule has 0 spiro atoms. The summed E-state index contributed by atoms with van der Waals surface area (Å²) in [5, 5.41) is 14.2. The second kappa shape index (κ2) is 6.84. The molecule has 0 radical (unpaired) electrons. The number of hydrogen-bond donors (Lipinski definition) is 2. The van der Waals surface area contributed by atoms with Gasteiger partial charge in [-0.2, -0.15) is 4.98 Å². The second-order valence-electron chi connectivity index (χ2n) is 10.1. The van der Waals surface area contributed by atoms with Crippen LogP contribution in [0.15, 0.2) is 17.3 Å². The fourth-order valence-electron chi connectivity index (χ4n) is 6.12. The highest BCUT2D eigenvalue weighted by Crippen LogP contribution is 2.57. The van der Waals surface area contributed by atoms with Crippen LogP contribution in [-0.2, 0) is 10.8 Å². The Bertz CT molecular complexity index is 1110. The fraction of sp³-hybridized carbons (Fsp3) is 0.636. The number of nitrogens with one attached hydrogen (secondary N) is 1. The lowest BCUT2D eigenvalue weighted by Crippen LogP contribution is -2.55. The molecular formula is C22H25ClN6O2S. The highest BCUT2D eigenvalue weighted by atomic mass is 35.5. The summed E-state index contributed by atoms with van der Waals surface area (Å²) in [4.78, 5) is 21.9. The predicted octanol–water partition coefficient (Wildman–Crippen LogP) is 2.46. The van der Waals surface area contributed by atoms with Crippen LogP contribution in [-0.4, -0.2) is 59.7 Å². The summed E-state index contributed by atoms with van der Waals surface area (Å²) in [6.07, 6.45) is 8.41. The first-order valence-electron chi connectivity index (χ1n) is 11.5. The maximum absolute atomic E-state index is 13.0.